The smallest absolute Gasteiger partial charge is 0.550 e. The zero-order chi connectivity index (χ0) is 95.1. The van der Waals surface area contributed by atoms with Crippen LogP contribution >= 0.6 is 0 Å². The van der Waals surface area contributed by atoms with Crippen molar-refractivity contribution in [1.82, 2.24) is 0 Å². The molecule has 0 rings (SSSR count). The van der Waals surface area contributed by atoms with Crippen LogP contribution in [0.2, 0.25) is 0 Å². The number of aliphatic carboxylic acids is 3. The number of carboxylic acids is 3. The van der Waals surface area contributed by atoms with Gasteiger partial charge in [0.25, 0.3) is 0 Å². The minimum absolute atomic E-state index is 0. The van der Waals surface area contributed by atoms with Gasteiger partial charge in [-0.1, -0.05) is 640 Å². The molecule has 0 aliphatic rings. The predicted octanol–water partition coefficient (Wildman–Crippen LogP) is 37.5. The number of rotatable bonds is 108. The number of carbonyl (C=O) groups excluding carboxylic acids is 6. The number of Topliss-reactive ketones (excluding diaryl/α,β-unsaturated/α-hetero) is 3. The number of carbonyl (C=O) groups is 6. The molecule has 130 heavy (non-hydrogen) atoms. The number of ketones is 3. The van der Waals surface area contributed by atoms with Crippen LogP contribution in [0.25, 0.3) is 0 Å². The Labute approximate surface area is 832 Å². The van der Waals surface area contributed by atoms with E-state index >= 15 is 0 Å². The molecule has 0 saturated carbocycles. The fourth-order valence-corrected chi connectivity index (χ4v) is 20.9. The monoisotopic (exact) mass is 1930 g/mol. The molecule has 768 valence electrons. The summed E-state index contributed by atoms with van der Waals surface area (Å²) < 4.78 is 0. The molecule has 0 unspecified atom stereocenters. The van der Waals surface area contributed by atoms with Gasteiger partial charge in [-0.3, -0.25) is 14.4 Å². The van der Waals surface area contributed by atoms with Crippen molar-refractivity contribution < 1.29 is 44.1 Å². The molecule has 0 amide bonds. The zero-order valence-corrected chi connectivity index (χ0v) is 93.2. The topological polar surface area (TPSA) is 172 Å². The molecule has 0 atom stereocenters. The maximum atomic E-state index is 13.5. The molecule has 9 nitrogen and oxygen atoms in total. The summed E-state index contributed by atoms with van der Waals surface area (Å²) in [5.74, 6) is -3.67. The van der Waals surface area contributed by atoms with Crippen LogP contribution < -0.4 is 15.3 Å². The maximum Gasteiger partial charge on any atom is 3.00 e. The third-order valence-corrected chi connectivity index (χ3v) is 29.8. The van der Waals surface area contributed by atoms with Gasteiger partial charge in [-0.2, -0.15) is 0 Å². The SMILES string of the molecule is CCCCCCCCCCCCC(CCCCCCCCCCCC)(CCCCCCCCCCCC)C(=O)CC(=O)[O-].CCCCCCCCCCCCC(CCCCCCCCCCCC)(CCCCCCCCCCCC)C(=O)CC(=O)[O-].CCCCCCCCCCCCC(CCCCCCCCCCCC)(CCCCCCCCCCCC)C(=O)CC(=O)[O-].[In+3]. The van der Waals surface area contributed by atoms with Gasteiger partial charge in [0.15, 0.2) is 0 Å². The summed E-state index contributed by atoms with van der Waals surface area (Å²) in [4.78, 5) is 75.2. The van der Waals surface area contributed by atoms with Crippen LogP contribution in [0.1, 0.15) is 717 Å². The van der Waals surface area contributed by atoms with Crippen molar-refractivity contribution in [2.24, 2.45) is 16.2 Å². The molecule has 0 fully saturated rings. The number of hydrogen-bond donors (Lipinski definition) is 0. The van der Waals surface area contributed by atoms with Gasteiger partial charge in [-0.15, -0.1) is 0 Å². The molecule has 0 heterocycles. The van der Waals surface area contributed by atoms with Crippen molar-refractivity contribution in [2.45, 2.75) is 717 Å². The van der Waals surface area contributed by atoms with Crippen LogP contribution in [0.3, 0.4) is 0 Å². The van der Waals surface area contributed by atoms with Crippen LogP contribution in [0, 0.1) is 16.2 Å². The number of unbranched alkanes of at least 4 members (excludes halogenated alkanes) is 81. The van der Waals surface area contributed by atoms with E-state index < -0.39 is 53.4 Å². The molecule has 0 radical (unpaired) electrons. The van der Waals surface area contributed by atoms with Gasteiger partial charge in [-0.25, -0.2) is 0 Å². The Bertz CT molecular complexity index is 1870. The van der Waals surface area contributed by atoms with E-state index in [9.17, 15) is 44.1 Å². The first kappa shape index (κ1) is 135. The van der Waals surface area contributed by atoms with E-state index in [1.807, 2.05) is 0 Å². The average molecular weight is 1930 g/mol. The van der Waals surface area contributed by atoms with Crippen LogP contribution in [-0.2, 0) is 28.8 Å². The molecule has 0 spiro atoms. The Hall–Kier alpha value is -1.71. The van der Waals surface area contributed by atoms with Crippen LogP contribution in [0.5, 0.6) is 0 Å². The second kappa shape index (κ2) is 109. The van der Waals surface area contributed by atoms with Gasteiger partial charge in [0, 0.05) is 53.4 Å². The molecule has 0 aromatic rings. The third kappa shape index (κ3) is 93.9. The molecule has 0 aromatic heterocycles. The fraction of sp³-hybridized carbons (Fsp3) is 0.950. The quantitative estimate of drug-likeness (QED) is 0.0424. The van der Waals surface area contributed by atoms with E-state index in [0.717, 1.165) is 116 Å². The summed E-state index contributed by atoms with van der Waals surface area (Å²) in [6.45, 7) is 20.4. The van der Waals surface area contributed by atoms with Crippen molar-refractivity contribution >= 4 is 61.1 Å². The zero-order valence-electron chi connectivity index (χ0n) is 89.9. The predicted molar refractivity (Wildman–Crippen MR) is 565 cm³/mol. The van der Waals surface area contributed by atoms with E-state index in [1.54, 1.807) is 0 Å². The minimum atomic E-state index is -1.19. The molecule has 0 saturated heterocycles. The first-order valence-electron chi connectivity index (χ1n) is 59.3. The Morgan fingerprint density at radius 1 is 0.131 bits per heavy atom. The van der Waals surface area contributed by atoms with Gasteiger partial charge >= 0.3 is 25.8 Å². The molecule has 0 aliphatic carbocycles. The largest absolute Gasteiger partial charge is 3.00 e. The van der Waals surface area contributed by atoms with Crippen molar-refractivity contribution in [3.63, 3.8) is 0 Å². The normalized spacial score (nSPS) is 11.7. The molecule has 0 aliphatic heterocycles. The second-order valence-corrected chi connectivity index (χ2v) is 42.1. The molecule has 0 bridgehead atoms. The first-order chi connectivity index (χ1) is 63.1. The van der Waals surface area contributed by atoms with Crippen molar-refractivity contribution in [1.29, 1.82) is 0 Å². The molecular weight excluding hydrogens is 1700 g/mol. The summed E-state index contributed by atoms with van der Waals surface area (Å²) in [7, 11) is 0. The standard InChI is InChI=1S/3C40H78O3.In/c3*1-4-7-10-13-16-19-22-25-28-31-34-40(38(41)37-39(42)43,35-32-29-26-23-20-17-14-11-8-5-2)36-33-30-27-24-21-18-15-12-9-6-3;/h3*4-37H2,1-3H3,(H,42,43);/q;;;+3/p-3. The van der Waals surface area contributed by atoms with E-state index in [4.69, 9.17) is 0 Å². The van der Waals surface area contributed by atoms with Crippen LogP contribution in [0.4, 0.5) is 0 Å². The second-order valence-electron chi connectivity index (χ2n) is 42.1. The summed E-state index contributed by atoms with van der Waals surface area (Å²) in [6, 6.07) is 0. The van der Waals surface area contributed by atoms with E-state index in [2.05, 4.69) is 62.3 Å². The Kier molecular flexibility index (Phi) is 113. The molecule has 0 aromatic carbocycles. The van der Waals surface area contributed by atoms with Crippen LogP contribution in [-0.4, -0.2) is 61.1 Å². The van der Waals surface area contributed by atoms with E-state index in [0.29, 0.717) is 0 Å². The van der Waals surface area contributed by atoms with Crippen molar-refractivity contribution in [3.05, 3.63) is 0 Å². The van der Waals surface area contributed by atoms with Crippen molar-refractivity contribution in [2.75, 3.05) is 0 Å². The number of hydrogen-bond acceptors (Lipinski definition) is 9. The Balaban J connectivity index is -0.000000912. The fourth-order valence-electron chi connectivity index (χ4n) is 20.9. The first-order valence-corrected chi connectivity index (χ1v) is 59.3. The van der Waals surface area contributed by atoms with Gasteiger partial charge in [0.2, 0.25) is 0 Å². The number of carboxylic acid groups (broad SMARTS) is 3. The Morgan fingerprint density at radius 2 is 0.200 bits per heavy atom. The van der Waals surface area contributed by atoms with E-state index in [1.165, 1.54) is 520 Å². The van der Waals surface area contributed by atoms with Crippen molar-refractivity contribution in [3.8, 4) is 0 Å². The summed E-state index contributed by atoms with van der Waals surface area (Å²) in [5.41, 5.74) is -1.33. The molecular formula is C120H231InO9. The molecule has 10 heteroatoms. The van der Waals surface area contributed by atoms with Gasteiger partial charge in [0.05, 0.1) is 0 Å². The average Bonchev–Trinajstić information content (AvgIpc) is 0.844. The van der Waals surface area contributed by atoms with Crippen LogP contribution in [0.15, 0.2) is 0 Å². The Morgan fingerprint density at radius 3 is 0.269 bits per heavy atom. The van der Waals surface area contributed by atoms with E-state index in [-0.39, 0.29) is 43.2 Å². The summed E-state index contributed by atoms with van der Waals surface area (Å²) in [5, 5.41) is 34.7. The van der Waals surface area contributed by atoms with Gasteiger partial charge in [0.1, 0.15) is 17.3 Å². The minimum Gasteiger partial charge on any atom is -0.550 e. The van der Waals surface area contributed by atoms with Gasteiger partial charge < -0.3 is 29.7 Å². The summed E-state index contributed by atoms with van der Waals surface area (Å²) in [6.07, 6.45) is 122. The maximum absolute atomic E-state index is 13.5. The third-order valence-electron chi connectivity index (χ3n) is 29.8. The molecule has 0 N–H and O–H groups in total. The summed E-state index contributed by atoms with van der Waals surface area (Å²) >= 11 is 0. The van der Waals surface area contributed by atoms with Gasteiger partial charge in [-0.05, 0) is 57.8 Å².